The minimum absolute atomic E-state index is 0.00141. The number of quaternary nitrogens is 1. The van der Waals surface area contributed by atoms with Crippen molar-refractivity contribution in [2.75, 3.05) is 26.8 Å². The van der Waals surface area contributed by atoms with E-state index in [4.69, 9.17) is 9.47 Å². The van der Waals surface area contributed by atoms with Crippen LogP contribution in [0.1, 0.15) is 62.4 Å². The first kappa shape index (κ1) is 27.8. The van der Waals surface area contributed by atoms with Crippen molar-refractivity contribution in [2.24, 2.45) is 4.99 Å². The molecule has 1 amide bonds. The van der Waals surface area contributed by atoms with Crippen LogP contribution < -0.4 is 9.54 Å². The molecule has 0 aliphatic carbocycles. The average Bonchev–Trinajstić information content (AvgIpc) is 3.52. The Kier molecular flexibility index (Phi) is 7.90. The Hall–Kier alpha value is -2.21. The zero-order valence-electron chi connectivity index (χ0n) is 21.7. The molecule has 0 saturated carbocycles. The molecule has 4 rings (SSSR count). The maximum Gasteiger partial charge on any atom is 0.416 e. The number of likely N-dealkylation sites (N-methyl/N-ethyl adjacent to an activating group) is 1. The summed E-state index contributed by atoms with van der Waals surface area (Å²) < 4.78 is 53.4. The maximum atomic E-state index is 13.5. The lowest BCUT2D eigenvalue weighted by Crippen LogP contribution is -2.45. The van der Waals surface area contributed by atoms with Crippen LogP contribution in [-0.2, 0) is 22.2 Å². The quantitative estimate of drug-likeness (QED) is 0.278. The maximum absolute atomic E-state index is 13.5. The van der Waals surface area contributed by atoms with Crippen LogP contribution in [0.5, 0.6) is 5.75 Å². The van der Waals surface area contributed by atoms with E-state index in [2.05, 4.69) is 4.99 Å². The fraction of sp³-hybridized carbons (Fsp3) is 0.615. The standard InChI is InChI=1S/C26H35F3N3O4S/c1-25(2,3)37-14-11-31(16-20-8-6-13-35-20)24(37)30-23(33)21-15-18(26(27,28)29)9-10-22(21)36-17-19-7-5-12-32(19,4)34/h9-11,14-15,19-20H,5-8,12-13,16-17H2,1-4H3/q+1/t19-,20-,32?,37?/m1/s1. The number of thiazole rings is 1. The Morgan fingerprint density at radius 2 is 2.03 bits per heavy atom. The summed E-state index contributed by atoms with van der Waals surface area (Å²) in [5, 5.41) is 14.6. The van der Waals surface area contributed by atoms with Crippen molar-refractivity contribution in [3.8, 4) is 5.75 Å². The van der Waals surface area contributed by atoms with Gasteiger partial charge in [-0.2, -0.15) is 13.2 Å². The summed E-state index contributed by atoms with van der Waals surface area (Å²) in [4.78, 5) is 18.4. The number of nitrogens with zero attached hydrogens (tertiary/aromatic N) is 3. The minimum Gasteiger partial charge on any atom is -0.633 e. The van der Waals surface area contributed by atoms with Crippen molar-refractivity contribution in [3.63, 3.8) is 0 Å². The first-order chi connectivity index (χ1) is 17.3. The molecule has 7 nitrogen and oxygen atoms in total. The number of rotatable bonds is 6. The summed E-state index contributed by atoms with van der Waals surface area (Å²) >= 11 is 0. The van der Waals surface area contributed by atoms with Gasteiger partial charge in [-0.05, 0) is 51.8 Å². The molecule has 2 fully saturated rings. The third-order valence-electron chi connectivity index (χ3n) is 6.98. The molecule has 2 aliphatic heterocycles. The van der Waals surface area contributed by atoms with Crippen LogP contribution in [0.3, 0.4) is 0 Å². The van der Waals surface area contributed by atoms with Crippen molar-refractivity contribution in [3.05, 3.63) is 50.9 Å². The highest BCUT2D eigenvalue weighted by atomic mass is 32.2. The fourth-order valence-electron chi connectivity index (χ4n) is 4.79. The van der Waals surface area contributed by atoms with Crippen molar-refractivity contribution in [1.82, 2.24) is 4.57 Å². The molecule has 11 heteroatoms. The van der Waals surface area contributed by atoms with Gasteiger partial charge in [0.25, 0.3) is 5.91 Å². The molecule has 1 aromatic heterocycles. The summed E-state index contributed by atoms with van der Waals surface area (Å²) in [5.41, 5.74) is -1.22. The molecular weight excluding hydrogens is 507 g/mol. The van der Waals surface area contributed by atoms with Crippen LogP contribution >= 0.6 is 10.5 Å². The van der Waals surface area contributed by atoms with Gasteiger partial charge in [0.15, 0.2) is 5.38 Å². The minimum atomic E-state index is -4.63. The van der Waals surface area contributed by atoms with Gasteiger partial charge in [0.1, 0.15) is 23.1 Å². The third-order valence-corrected chi connectivity index (χ3v) is 9.41. The molecule has 4 atom stereocenters. The number of hydroxylamine groups is 3. The number of benzene rings is 1. The predicted molar refractivity (Wildman–Crippen MR) is 135 cm³/mol. The monoisotopic (exact) mass is 542 g/mol. The number of aromatic nitrogens is 1. The van der Waals surface area contributed by atoms with Crippen LogP contribution in [-0.4, -0.2) is 54.1 Å². The molecule has 0 N–H and O–H groups in total. The zero-order valence-corrected chi connectivity index (χ0v) is 22.5. The van der Waals surface area contributed by atoms with E-state index in [1.165, 1.54) is 0 Å². The number of likely N-dealkylation sites (tertiary alicyclic amines) is 1. The third kappa shape index (κ3) is 6.45. The molecule has 2 aromatic rings. The van der Waals surface area contributed by atoms with E-state index in [0.717, 1.165) is 37.5 Å². The summed E-state index contributed by atoms with van der Waals surface area (Å²) in [6.07, 6.45) is 0.538. The van der Waals surface area contributed by atoms with Crippen LogP contribution in [0.25, 0.3) is 0 Å². The smallest absolute Gasteiger partial charge is 0.416 e. The number of ether oxygens (including phenoxy) is 2. The highest BCUT2D eigenvalue weighted by molar-refractivity contribution is 7.29. The van der Waals surface area contributed by atoms with Crippen LogP contribution in [0.4, 0.5) is 13.2 Å². The van der Waals surface area contributed by atoms with Gasteiger partial charge >= 0.3 is 11.0 Å². The number of amides is 1. The van der Waals surface area contributed by atoms with E-state index in [9.17, 15) is 23.2 Å². The Morgan fingerprint density at radius 3 is 2.62 bits per heavy atom. The molecule has 0 radical (unpaired) electrons. The van der Waals surface area contributed by atoms with Gasteiger partial charge < -0.3 is 19.3 Å². The van der Waals surface area contributed by atoms with Gasteiger partial charge in [-0.25, -0.2) is 0 Å². The fourth-order valence-corrected chi connectivity index (χ4v) is 6.71. The summed E-state index contributed by atoms with van der Waals surface area (Å²) in [6.45, 7) is 7.80. The van der Waals surface area contributed by atoms with E-state index in [-0.39, 0.29) is 34.8 Å². The second-order valence-corrected chi connectivity index (χ2v) is 13.5. The van der Waals surface area contributed by atoms with Crippen LogP contribution in [0, 0.1) is 5.21 Å². The number of hydrogen-bond acceptors (Lipinski definition) is 4. The lowest BCUT2D eigenvalue weighted by atomic mass is 10.1. The highest BCUT2D eigenvalue weighted by Gasteiger charge is 2.35. The molecule has 204 valence electrons. The Labute approximate surface area is 217 Å². The molecule has 2 saturated heterocycles. The van der Waals surface area contributed by atoms with Crippen molar-refractivity contribution >= 4 is 16.4 Å². The van der Waals surface area contributed by atoms with Crippen LogP contribution in [0.15, 0.2) is 34.8 Å². The van der Waals surface area contributed by atoms with Gasteiger partial charge in [-0.15, -0.1) is 4.99 Å². The Morgan fingerprint density at radius 1 is 1.27 bits per heavy atom. The number of hydrogen-bond donors (Lipinski definition) is 0. The first-order valence-electron chi connectivity index (χ1n) is 12.6. The number of alkyl halides is 3. The van der Waals surface area contributed by atoms with Crippen molar-refractivity contribution < 1.29 is 32.1 Å². The van der Waals surface area contributed by atoms with E-state index >= 15 is 0 Å². The molecule has 0 bridgehead atoms. The lowest BCUT2D eigenvalue weighted by molar-refractivity contribution is -0.873. The topological polar surface area (TPSA) is 75.9 Å². The molecule has 0 spiro atoms. The van der Waals surface area contributed by atoms with Gasteiger partial charge in [-0.3, -0.25) is 9.36 Å². The van der Waals surface area contributed by atoms with Gasteiger partial charge in [0.05, 0.1) is 43.6 Å². The lowest BCUT2D eigenvalue weighted by Gasteiger charge is -2.39. The molecule has 2 aliphatic rings. The van der Waals surface area contributed by atoms with E-state index < -0.39 is 32.8 Å². The number of halogens is 3. The van der Waals surface area contributed by atoms with E-state index in [0.29, 0.717) is 30.9 Å². The van der Waals surface area contributed by atoms with Crippen molar-refractivity contribution in [2.45, 2.75) is 76.1 Å². The summed E-state index contributed by atoms with van der Waals surface area (Å²) in [5.74, 6) is -0.800. The highest BCUT2D eigenvalue weighted by Crippen LogP contribution is 2.35. The molecule has 37 heavy (non-hydrogen) atoms. The second-order valence-electron chi connectivity index (χ2n) is 10.9. The van der Waals surface area contributed by atoms with Gasteiger partial charge in [-0.1, -0.05) is 0 Å². The molecular formula is C26H35F3N3O4S+. The van der Waals surface area contributed by atoms with Gasteiger partial charge in [0.2, 0.25) is 0 Å². The number of carbonyl (C=O) groups excluding carboxylic acids is 1. The molecule has 1 aromatic carbocycles. The van der Waals surface area contributed by atoms with Crippen LogP contribution in [0.2, 0.25) is 0 Å². The zero-order chi connectivity index (χ0) is 27.0. The van der Waals surface area contributed by atoms with E-state index in [1.54, 1.807) is 7.05 Å². The SMILES string of the molecule is CC(C)(C)[s+]1ccn(C[C@H]2CCCO2)c1=NC(=O)c1cc(C(F)(F)F)ccc1OC[C@H]1CCC[N+]1(C)[O-]. The first-order valence-corrected chi connectivity index (χ1v) is 13.9. The number of carbonyl (C=O) groups is 1. The second kappa shape index (κ2) is 10.5. The average molecular weight is 543 g/mol. The summed E-state index contributed by atoms with van der Waals surface area (Å²) in [6, 6.07) is 2.49. The molecule has 3 heterocycles. The largest absolute Gasteiger partial charge is 0.633 e. The van der Waals surface area contributed by atoms with Gasteiger partial charge in [0, 0.05) is 29.9 Å². The summed E-state index contributed by atoms with van der Waals surface area (Å²) in [7, 11) is 1.02. The molecule has 2 unspecified atom stereocenters. The Bertz CT molecular complexity index is 1190. The predicted octanol–water partition coefficient (Wildman–Crippen LogP) is 5.42. The normalized spacial score (nSPS) is 25.6. The van der Waals surface area contributed by atoms with Crippen molar-refractivity contribution in [1.29, 1.82) is 0 Å². The van der Waals surface area contributed by atoms with E-state index in [1.807, 2.05) is 36.9 Å². The Balaban J connectivity index is 1.73.